The molecule has 0 radical (unpaired) electrons. The van der Waals surface area contributed by atoms with E-state index in [4.69, 9.17) is 28.8 Å². The fraction of sp³-hybridized carbons (Fsp3) is 0.938. The van der Waals surface area contributed by atoms with Gasteiger partial charge in [-0.15, -0.1) is 0 Å². The SMILES string of the molecule is CO[C@H]1[C@@H](O)[C@H](OC(C=O)CO)O[C@@H](C)[C@@H]1O[C@H]1O[C@@H](C)[C@H](O)[C@@H](O)[C@H]1O. The van der Waals surface area contributed by atoms with Crippen molar-refractivity contribution in [3.63, 3.8) is 0 Å². The Kier molecular flexibility index (Phi) is 8.06. The number of ether oxygens (including phenoxy) is 5. The van der Waals surface area contributed by atoms with E-state index in [2.05, 4.69) is 0 Å². The van der Waals surface area contributed by atoms with Gasteiger partial charge in [0.15, 0.2) is 18.9 Å². The van der Waals surface area contributed by atoms with E-state index < -0.39 is 74.1 Å². The molecule has 0 aliphatic carbocycles. The summed E-state index contributed by atoms with van der Waals surface area (Å²) in [7, 11) is 1.32. The van der Waals surface area contributed by atoms with Crippen LogP contribution in [0.25, 0.3) is 0 Å². The molecule has 0 amide bonds. The first kappa shape index (κ1) is 22.6. The Labute approximate surface area is 156 Å². The van der Waals surface area contributed by atoms with Crippen LogP contribution in [-0.2, 0) is 28.5 Å². The molecule has 0 spiro atoms. The van der Waals surface area contributed by atoms with Crippen LogP contribution in [-0.4, -0.2) is 113 Å². The second-order valence-corrected chi connectivity index (χ2v) is 6.68. The fourth-order valence-corrected chi connectivity index (χ4v) is 3.13. The topological polar surface area (TPSA) is 164 Å². The Morgan fingerprint density at radius 3 is 2.11 bits per heavy atom. The number of carbonyl (C=O) groups excluding carboxylic acids is 1. The molecule has 2 rings (SSSR count). The van der Waals surface area contributed by atoms with Gasteiger partial charge < -0.3 is 54.0 Å². The molecule has 2 fully saturated rings. The van der Waals surface area contributed by atoms with Crippen molar-refractivity contribution < 1.29 is 54.0 Å². The number of aliphatic hydroxyl groups is 5. The van der Waals surface area contributed by atoms with Gasteiger partial charge in [-0.2, -0.15) is 0 Å². The standard InChI is InChI=1S/C16H28O11/c1-6-9(19)10(20)11(21)15(24-6)27-13-7(2)25-16(12(22)14(13)23-3)26-8(4-17)5-18/h4,6-16,18-22H,5H2,1-3H3/t6-,7-,8?,9-,10+,11+,12+,13-,14-,15+,16-/m0/s1. The normalized spacial score (nSPS) is 46.8. The number of aldehydes is 1. The molecule has 5 N–H and O–H groups in total. The Bertz CT molecular complexity index is 477. The lowest BCUT2D eigenvalue weighted by atomic mass is 9.97. The fourth-order valence-electron chi connectivity index (χ4n) is 3.13. The minimum Gasteiger partial charge on any atom is -0.393 e. The van der Waals surface area contributed by atoms with E-state index in [1.807, 2.05) is 0 Å². The van der Waals surface area contributed by atoms with Crippen LogP contribution in [0.2, 0.25) is 0 Å². The predicted molar refractivity (Wildman–Crippen MR) is 86.4 cm³/mol. The molecule has 0 aromatic heterocycles. The molecule has 2 aliphatic rings. The lowest BCUT2D eigenvalue weighted by Gasteiger charge is -2.46. The molecule has 2 saturated heterocycles. The molecule has 11 atom stereocenters. The van der Waals surface area contributed by atoms with Crippen LogP contribution in [0.1, 0.15) is 13.8 Å². The summed E-state index contributed by atoms with van der Waals surface area (Å²) in [6.07, 6.45) is -12.4. The average molecular weight is 396 g/mol. The van der Waals surface area contributed by atoms with Crippen LogP contribution in [0.5, 0.6) is 0 Å². The van der Waals surface area contributed by atoms with Crippen molar-refractivity contribution in [1.82, 2.24) is 0 Å². The van der Waals surface area contributed by atoms with Crippen molar-refractivity contribution >= 4 is 6.29 Å². The summed E-state index contributed by atoms with van der Waals surface area (Å²) in [4.78, 5) is 10.8. The first-order chi connectivity index (χ1) is 12.7. The highest BCUT2D eigenvalue weighted by atomic mass is 16.7. The first-order valence-corrected chi connectivity index (χ1v) is 8.68. The third-order valence-electron chi connectivity index (χ3n) is 4.76. The van der Waals surface area contributed by atoms with E-state index in [0.717, 1.165) is 0 Å². The van der Waals surface area contributed by atoms with Gasteiger partial charge in [0.25, 0.3) is 0 Å². The molecule has 27 heavy (non-hydrogen) atoms. The predicted octanol–water partition coefficient (Wildman–Crippen LogP) is -3.10. The van der Waals surface area contributed by atoms with Gasteiger partial charge in [-0.3, -0.25) is 0 Å². The maximum absolute atomic E-state index is 10.8. The van der Waals surface area contributed by atoms with Crippen LogP contribution in [0.4, 0.5) is 0 Å². The van der Waals surface area contributed by atoms with Crippen molar-refractivity contribution in [3.8, 4) is 0 Å². The van der Waals surface area contributed by atoms with Gasteiger partial charge in [0.2, 0.25) is 0 Å². The Hall–Kier alpha value is -0.730. The summed E-state index contributed by atoms with van der Waals surface area (Å²) in [5.74, 6) is 0. The number of methoxy groups -OCH3 is 1. The Balaban J connectivity index is 2.10. The molecular formula is C16H28O11. The summed E-state index contributed by atoms with van der Waals surface area (Å²) >= 11 is 0. The van der Waals surface area contributed by atoms with Crippen molar-refractivity contribution in [1.29, 1.82) is 0 Å². The first-order valence-electron chi connectivity index (χ1n) is 8.68. The second-order valence-electron chi connectivity index (χ2n) is 6.68. The molecule has 0 aromatic carbocycles. The molecule has 2 aliphatic heterocycles. The highest BCUT2D eigenvalue weighted by Gasteiger charge is 2.50. The van der Waals surface area contributed by atoms with Crippen molar-refractivity contribution in [3.05, 3.63) is 0 Å². The highest BCUT2D eigenvalue weighted by molar-refractivity contribution is 5.56. The van der Waals surface area contributed by atoms with Gasteiger partial charge >= 0.3 is 0 Å². The van der Waals surface area contributed by atoms with Crippen molar-refractivity contribution in [2.75, 3.05) is 13.7 Å². The summed E-state index contributed by atoms with van der Waals surface area (Å²) < 4.78 is 27.1. The van der Waals surface area contributed by atoms with Gasteiger partial charge in [-0.1, -0.05) is 0 Å². The zero-order valence-electron chi connectivity index (χ0n) is 15.3. The molecule has 0 saturated carbocycles. The number of hydrogen-bond acceptors (Lipinski definition) is 11. The van der Waals surface area contributed by atoms with Gasteiger partial charge in [0.05, 0.1) is 18.8 Å². The molecule has 2 heterocycles. The number of carbonyl (C=O) groups is 1. The highest BCUT2D eigenvalue weighted by Crippen LogP contribution is 2.30. The molecular weight excluding hydrogens is 368 g/mol. The zero-order chi connectivity index (χ0) is 20.3. The van der Waals surface area contributed by atoms with Gasteiger partial charge in [0.1, 0.15) is 42.7 Å². The number of hydrogen-bond donors (Lipinski definition) is 5. The monoisotopic (exact) mass is 396 g/mol. The minimum absolute atomic E-state index is 0.380. The van der Waals surface area contributed by atoms with Crippen LogP contribution in [0.15, 0.2) is 0 Å². The van der Waals surface area contributed by atoms with E-state index >= 15 is 0 Å². The summed E-state index contributed by atoms with van der Waals surface area (Å²) in [6.45, 7) is 2.53. The third-order valence-corrected chi connectivity index (χ3v) is 4.76. The largest absolute Gasteiger partial charge is 0.393 e. The molecule has 158 valence electrons. The number of rotatable bonds is 7. The molecule has 0 bridgehead atoms. The molecule has 11 heteroatoms. The third kappa shape index (κ3) is 4.82. The van der Waals surface area contributed by atoms with Crippen LogP contribution < -0.4 is 0 Å². The Morgan fingerprint density at radius 2 is 1.56 bits per heavy atom. The van der Waals surface area contributed by atoms with Crippen molar-refractivity contribution in [2.45, 2.75) is 81.4 Å². The molecule has 0 aromatic rings. The van der Waals surface area contributed by atoms with E-state index in [1.165, 1.54) is 14.0 Å². The lowest BCUT2D eigenvalue weighted by molar-refractivity contribution is -0.356. The average Bonchev–Trinajstić information content (AvgIpc) is 2.65. The van der Waals surface area contributed by atoms with Gasteiger partial charge in [-0.25, -0.2) is 0 Å². The summed E-state index contributed by atoms with van der Waals surface area (Å²) in [5.41, 5.74) is 0. The van der Waals surface area contributed by atoms with Gasteiger partial charge in [0, 0.05) is 7.11 Å². The van der Waals surface area contributed by atoms with E-state index in [-0.39, 0.29) is 0 Å². The van der Waals surface area contributed by atoms with E-state index in [1.54, 1.807) is 6.92 Å². The van der Waals surface area contributed by atoms with Gasteiger partial charge in [-0.05, 0) is 13.8 Å². The van der Waals surface area contributed by atoms with E-state index in [0.29, 0.717) is 6.29 Å². The van der Waals surface area contributed by atoms with Crippen LogP contribution >= 0.6 is 0 Å². The summed E-state index contributed by atoms with van der Waals surface area (Å²) in [5, 5.41) is 49.3. The second kappa shape index (κ2) is 9.65. The van der Waals surface area contributed by atoms with Crippen LogP contribution in [0, 0.1) is 0 Å². The Morgan fingerprint density at radius 1 is 0.926 bits per heavy atom. The maximum atomic E-state index is 10.8. The smallest absolute Gasteiger partial charge is 0.187 e. The molecule has 1 unspecified atom stereocenters. The minimum atomic E-state index is -1.53. The molecule has 11 nitrogen and oxygen atoms in total. The van der Waals surface area contributed by atoms with Crippen LogP contribution in [0.3, 0.4) is 0 Å². The lowest BCUT2D eigenvalue weighted by Crippen LogP contribution is -2.63. The maximum Gasteiger partial charge on any atom is 0.187 e. The zero-order valence-corrected chi connectivity index (χ0v) is 15.3. The quantitative estimate of drug-likeness (QED) is 0.277. The number of aliphatic hydroxyl groups excluding tert-OH is 5. The van der Waals surface area contributed by atoms with Crippen molar-refractivity contribution in [2.24, 2.45) is 0 Å². The van der Waals surface area contributed by atoms with E-state index in [9.17, 15) is 25.2 Å². The summed E-state index contributed by atoms with van der Waals surface area (Å²) in [6, 6.07) is 0.